The zero-order valence-electron chi connectivity index (χ0n) is 18.8. The lowest BCUT2D eigenvalue weighted by Gasteiger charge is -2.40. The van der Waals surface area contributed by atoms with Crippen molar-refractivity contribution in [3.63, 3.8) is 0 Å². The van der Waals surface area contributed by atoms with Gasteiger partial charge in [-0.1, -0.05) is 35.9 Å². The number of nitrogens with zero attached hydrogens (tertiary/aromatic N) is 4. The van der Waals surface area contributed by atoms with Crippen molar-refractivity contribution in [2.45, 2.75) is 44.2 Å². The number of anilines is 1. The molecule has 1 atom stereocenters. The average molecular weight is 456 g/mol. The van der Waals surface area contributed by atoms with Crippen LogP contribution in [0.1, 0.15) is 42.9 Å². The number of guanidine groups is 1. The first-order valence-electron chi connectivity index (χ1n) is 10.9. The molecule has 0 radical (unpaired) electrons. The van der Waals surface area contributed by atoms with Crippen molar-refractivity contribution in [1.29, 1.82) is 0 Å². The highest BCUT2D eigenvalue weighted by molar-refractivity contribution is 6.32. The second kappa shape index (κ2) is 9.08. The summed E-state index contributed by atoms with van der Waals surface area (Å²) in [5.74, 6) is 1.15. The number of nitrogens with two attached hydrogens (primary N) is 1. The Hall–Kier alpha value is -2.64. The van der Waals surface area contributed by atoms with E-state index in [9.17, 15) is 4.79 Å². The Morgan fingerprint density at radius 2 is 2.00 bits per heavy atom. The number of aromatic nitrogens is 1. The lowest BCUT2D eigenvalue weighted by molar-refractivity contribution is -0.132. The molecule has 2 aromatic rings. The van der Waals surface area contributed by atoms with E-state index in [0.717, 1.165) is 35.3 Å². The van der Waals surface area contributed by atoms with Gasteiger partial charge in [0.25, 0.3) is 0 Å². The van der Waals surface area contributed by atoms with Gasteiger partial charge in [-0.25, -0.2) is 9.98 Å². The Morgan fingerprint density at radius 3 is 2.62 bits per heavy atom. The molecule has 2 aliphatic rings. The van der Waals surface area contributed by atoms with E-state index in [0.29, 0.717) is 24.7 Å². The van der Waals surface area contributed by atoms with E-state index >= 15 is 0 Å². The summed E-state index contributed by atoms with van der Waals surface area (Å²) in [6.07, 6.45) is 4.29. The molecule has 0 saturated carbocycles. The van der Waals surface area contributed by atoms with E-state index < -0.39 is 5.54 Å². The van der Waals surface area contributed by atoms with Crippen LogP contribution in [0.25, 0.3) is 0 Å². The van der Waals surface area contributed by atoms with Gasteiger partial charge >= 0.3 is 0 Å². The van der Waals surface area contributed by atoms with Crippen LogP contribution in [0, 0.1) is 0 Å². The van der Waals surface area contributed by atoms with Gasteiger partial charge in [-0.3, -0.25) is 9.69 Å². The maximum absolute atomic E-state index is 13.1. The van der Waals surface area contributed by atoms with E-state index in [1.807, 2.05) is 56.4 Å². The number of benzene rings is 1. The molecule has 0 unspecified atom stereocenters. The van der Waals surface area contributed by atoms with Gasteiger partial charge in [-0.15, -0.1) is 0 Å². The van der Waals surface area contributed by atoms with Gasteiger partial charge in [0.05, 0.1) is 12.0 Å². The average Bonchev–Trinajstić information content (AvgIpc) is 2.75. The van der Waals surface area contributed by atoms with Gasteiger partial charge in [0.1, 0.15) is 5.82 Å². The summed E-state index contributed by atoms with van der Waals surface area (Å²) in [6.45, 7) is 3.20. The number of aliphatic imine (C=N–C) groups is 1. The fourth-order valence-corrected chi connectivity index (χ4v) is 4.88. The van der Waals surface area contributed by atoms with Crippen LogP contribution in [0.2, 0.25) is 5.02 Å². The molecular weight excluding hydrogens is 426 g/mol. The topological polar surface area (TPSA) is 84.0 Å². The van der Waals surface area contributed by atoms with E-state index in [1.54, 1.807) is 4.90 Å². The fraction of sp³-hybridized carbons (Fsp3) is 0.458. The van der Waals surface area contributed by atoms with Gasteiger partial charge in [-0.05, 0) is 42.5 Å². The molecule has 1 amide bonds. The summed E-state index contributed by atoms with van der Waals surface area (Å²) >= 11 is 6.86. The maximum atomic E-state index is 13.1. The SMILES string of the molecule is CN(C)c1ccc(Cc2cccc([C@]3(C)CC(=O)N(C4CCOCC4)C(N)=N3)c2Cl)cn1. The van der Waals surface area contributed by atoms with Gasteiger partial charge in [0.2, 0.25) is 5.91 Å². The lowest BCUT2D eigenvalue weighted by Crippen LogP contribution is -2.55. The molecule has 4 rings (SSSR count). The fourth-order valence-electron chi connectivity index (χ4n) is 4.48. The maximum Gasteiger partial charge on any atom is 0.232 e. The highest BCUT2D eigenvalue weighted by Gasteiger charge is 2.41. The summed E-state index contributed by atoms with van der Waals surface area (Å²) in [7, 11) is 3.92. The van der Waals surface area contributed by atoms with Crippen molar-refractivity contribution in [1.82, 2.24) is 9.88 Å². The second-order valence-electron chi connectivity index (χ2n) is 8.90. The summed E-state index contributed by atoms with van der Waals surface area (Å²) in [5, 5.41) is 0.621. The summed E-state index contributed by atoms with van der Waals surface area (Å²) in [5.41, 5.74) is 8.37. The zero-order valence-corrected chi connectivity index (χ0v) is 19.6. The predicted molar refractivity (Wildman–Crippen MR) is 127 cm³/mol. The number of pyridine rings is 1. The Labute approximate surface area is 194 Å². The van der Waals surface area contributed by atoms with E-state index in [-0.39, 0.29) is 24.3 Å². The normalized spacial score (nSPS) is 22.1. The molecule has 1 aromatic carbocycles. The molecule has 8 heteroatoms. The number of carbonyl (C=O) groups excluding carboxylic acids is 1. The third-order valence-corrected chi connectivity index (χ3v) is 6.70. The molecular formula is C24H30ClN5O2. The number of amides is 1. The van der Waals surface area contributed by atoms with Crippen molar-refractivity contribution >= 4 is 29.3 Å². The molecule has 170 valence electrons. The van der Waals surface area contributed by atoms with Gasteiger partial charge in [0.15, 0.2) is 5.96 Å². The van der Waals surface area contributed by atoms with Crippen LogP contribution in [0.4, 0.5) is 5.82 Å². The van der Waals surface area contributed by atoms with E-state index in [1.165, 1.54) is 0 Å². The molecule has 2 aliphatic heterocycles. The number of carbonyl (C=O) groups is 1. The van der Waals surface area contributed by atoms with Crippen LogP contribution in [0.3, 0.4) is 0 Å². The Balaban J connectivity index is 1.60. The monoisotopic (exact) mass is 455 g/mol. The van der Waals surface area contributed by atoms with Crippen molar-refractivity contribution in [3.05, 3.63) is 58.2 Å². The van der Waals surface area contributed by atoms with Crippen molar-refractivity contribution in [3.8, 4) is 0 Å². The molecule has 2 N–H and O–H groups in total. The number of rotatable bonds is 5. The van der Waals surface area contributed by atoms with Crippen LogP contribution >= 0.6 is 11.6 Å². The highest BCUT2D eigenvalue weighted by Crippen LogP contribution is 2.39. The van der Waals surface area contributed by atoms with Gasteiger partial charge in [0, 0.05) is 51.0 Å². The van der Waals surface area contributed by atoms with Gasteiger partial charge < -0.3 is 15.4 Å². The van der Waals surface area contributed by atoms with Crippen LogP contribution in [-0.2, 0) is 21.5 Å². The number of hydrogen-bond donors (Lipinski definition) is 1. The van der Waals surface area contributed by atoms with E-state index in [4.69, 9.17) is 27.1 Å². The highest BCUT2D eigenvalue weighted by atomic mass is 35.5. The number of halogens is 1. The minimum Gasteiger partial charge on any atom is -0.381 e. The smallest absolute Gasteiger partial charge is 0.232 e. The molecule has 0 spiro atoms. The quantitative estimate of drug-likeness (QED) is 0.747. The third-order valence-electron chi connectivity index (χ3n) is 6.25. The largest absolute Gasteiger partial charge is 0.381 e. The first-order valence-corrected chi connectivity index (χ1v) is 11.3. The first kappa shape index (κ1) is 22.6. The first-order chi connectivity index (χ1) is 15.3. The minimum atomic E-state index is -0.803. The third kappa shape index (κ3) is 4.45. The summed E-state index contributed by atoms with van der Waals surface area (Å²) in [6, 6.07) is 9.99. The number of ether oxygens (including phenoxy) is 1. The molecule has 1 saturated heterocycles. The standard InChI is InChI=1S/C24H30ClN5O2/c1-24(14-21(31)30(23(26)28-24)18-9-11-32-12-10-18)19-6-4-5-17(22(19)25)13-16-7-8-20(27-15-16)29(2)3/h4-8,15,18H,9-14H2,1-3H3,(H2,26,28)/t24-/m0/s1. The molecule has 3 heterocycles. The lowest BCUT2D eigenvalue weighted by atomic mass is 9.85. The summed E-state index contributed by atoms with van der Waals surface area (Å²) in [4.78, 5) is 26.0. The molecule has 32 heavy (non-hydrogen) atoms. The Kier molecular flexibility index (Phi) is 6.40. The van der Waals surface area contributed by atoms with Crippen LogP contribution in [0.5, 0.6) is 0 Å². The molecule has 0 aliphatic carbocycles. The Bertz CT molecular complexity index is 1020. The van der Waals surface area contributed by atoms with Crippen molar-refractivity contribution in [2.24, 2.45) is 10.7 Å². The van der Waals surface area contributed by atoms with Crippen LogP contribution in [0.15, 0.2) is 41.5 Å². The van der Waals surface area contributed by atoms with Crippen LogP contribution < -0.4 is 10.6 Å². The predicted octanol–water partition coefficient (Wildman–Crippen LogP) is 3.33. The zero-order chi connectivity index (χ0) is 22.9. The molecule has 0 bridgehead atoms. The molecule has 1 aromatic heterocycles. The second-order valence-corrected chi connectivity index (χ2v) is 9.28. The minimum absolute atomic E-state index is 0.0168. The molecule has 1 fully saturated rings. The van der Waals surface area contributed by atoms with Gasteiger partial charge in [-0.2, -0.15) is 0 Å². The van der Waals surface area contributed by atoms with Crippen molar-refractivity contribution in [2.75, 3.05) is 32.2 Å². The Morgan fingerprint density at radius 1 is 1.25 bits per heavy atom. The van der Waals surface area contributed by atoms with Crippen LogP contribution in [-0.4, -0.2) is 55.1 Å². The van der Waals surface area contributed by atoms with Crippen molar-refractivity contribution < 1.29 is 9.53 Å². The van der Waals surface area contributed by atoms with E-state index in [2.05, 4.69) is 11.1 Å². The molecule has 7 nitrogen and oxygen atoms in total. The summed E-state index contributed by atoms with van der Waals surface area (Å²) < 4.78 is 5.42. The number of hydrogen-bond acceptors (Lipinski definition) is 6.